The lowest BCUT2D eigenvalue weighted by atomic mass is 10.4. The summed E-state index contributed by atoms with van der Waals surface area (Å²) in [5.74, 6) is 0. The van der Waals surface area contributed by atoms with Gasteiger partial charge in [-0.25, -0.2) is 0 Å². The highest BCUT2D eigenvalue weighted by Crippen LogP contribution is 2.15. The fourth-order valence-electron chi connectivity index (χ4n) is 0.460. The van der Waals surface area contributed by atoms with Gasteiger partial charge in [0, 0.05) is 8.95 Å². The highest BCUT2D eigenvalue weighted by molar-refractivity contribution is 9.11. The van der Waals surface area contributed by atoms with E-state index in [1.165, 1.54) is 0 Å². The summed E-state index contributed by atoms with van der Waals surface area (Å²) in [7, 11) is 0. The summed E-state index contributed by atoms with van der Waals surface area (Å²) in [6.45, 7) is 0. The third kappa shape index (κ3) is 2.98. The molecule has 0 spiro atoms. The molecule has 0 bridgehead atoms. The molecular formula is C6H6Br2O. The van der Waals surface area contributed by atoms with E-state index in [0.717, 1.165) is 8.95 Å². The van der Waals surface area contributed by atoms with Crippen molar-refractivity contribution in [3.8, 4) is 0 Å². The average molecular weight is 254 g/mol. The molecule has 2 N–H and O–H groups in total. The molecule has 0 fully saturated rings. The molecule has 0 radical (unpaired) electrons. The van der Waals surface area contributed by atoms with Crippen molar-refractivity contribution in [3.05, 3.63) is 33.2 Å². The minimum Gasteiger partial charge on any atom is -0.412 e. The van der Waals surface area contributed by atoms with E-state index in [1.54, 1.807) is 0 Å². The summed E-state index contributed by atoms with van der Waals surface area (Å²) in [5, 5.41) is 0. The smallest absolute Gasteiger partial charge is 0.0186 e. The van der Waals surface area contributed by atoms with Gasteiger partial charge in [0.1, 0.15) is 0 Å². The van der Waals surface area contributed by atoms with Gasteiger partial charge in [0.15, 0.2) is 0 Å². The molecule has 0 aliphatic rings. The average Bonchev–Trinajstić information content (AvgIpc) is 1.64. The Balaban J connectivity index is 0.000000640. The molecule has 0 amide bonds. The lowest BCUT2D eigenvalue weighted by Gasteiger charge is -1.87. The number of benzene rings is 1. The van der Waals surface area contributed by atoms with Crippen molar-refractivity contribution in [2.24, 2.45) is 0 Å². The van der Waals surface area contributed by atoms with Crippen LogP contribution in [-0.4, -0.2) is 5.48 Å². The fraction of sp³-hybridized carbons (Fsp3) is 0. The van der Waals surface area contributed by atoms with Crippen LogP contribution in [0.1, 0.15) is 0 Å². The second-order valence-electron chi connectivity index (χ2n) is 1.44. The normalized spacial score (nSPS) is 8.22. The summed E-state index contributed by atoms with van der Waals surface area (Å²) in [5.41, 5.74) is 0. The summed E-state index contributed by atoms with van der Waals surface area (Å²) >= 11 is 6.66. The minimum absolute atomic E-state index is 0. The Kier molecular flexibility index (Phi) is 4.10. The number of hydrogen-bond acceptors (Lipinski definition) is 0. The van der Waals surface area contributed by atoms with Crippen LogP contribution in [-0.2, 0) is 0 Å². The van der Waals surface area contributed by atoms with Crippen LogP contribution in [0.2, 0.25) is 0 Å². The fourth-order valence-corrected chi connectivity index (χ4v) is 1.57. The lowest BCUT2D eigenvalue weighted by Crippen LogP contribution is -1.61. The Morgan fingerprint density at radius 2 is 1.44 bits per heavy atom. The van der Waals surface area contributed by atoms with Crippen LogP contribution < -0.4 is 0 Å². The third-order valence-electron chi connectivity index (χ3n) is 0.787. The zero-order valence-corrected chi connectivity index (χ0v) is 7.74. The largest absolute Gasteiger partial charge is 0.412 e. The molecule has 1 aromatic carbocycles. The van der Waals surface area contributed by atoms with Crippen molar-refractivity contribution in [3.63, 3.8) is 0 Å². The molecule has 9 heavy (non-hydrogen) atoms. The first-order valence-electron chi connectivity index (χ1n) is 2.20. The Morgan fingerprint density at radius 3 is 1.67 bits per heavy atom. The quantitative estimate of drug-likeness (QED) is 0.680. The number of halogens is 2. The van der Waals surface area contributed by atoms with Crippen LogP contribution in [0.4, 0.5) is 0 Å². The Hall–Kier alpha value is 0.140. The zero-order valence-electron chi connectivity index (χ0n) is 4.57. The molecule has 0 aromatic heterocycles. The maximum Gasteiger partial charge on any atom is 0.0186 e. The van der Waals surface area contributed by atoms with Gasteiger partial charge in [-0.2, -0.15) is 0 Å². The van der Waals surface area contributed by atoms with E-state index in [2.05, 4.69) is 31.9 Å². The summed E-state index contributed by atoms with van der Waals surface area (Å²) < 4.78 is 2.21. The maximum absolute atomic E-state index is 3.33. The Bertz CT molecular complexity index is 171. The lowest BCUT2D eigenvalue weighted by molar-refractivity contribution is 0.824. The molecule has 50 valence electrons. The van der Waals surface area contributed by atoms with Crippen LogP contribution >= 0.6 is 31.9 Å². The van der Waals surface area contributed by atoms with Gasteiger partial charge in [0.25, 0.3) is 0 Å². The molecule has 1 aromatic rings. The molecule has 0 heterocycles. The summed E-state index contributed by atoms with van der Waals surface area (Å²) in [6, 6.07) is 7.96. The molecule has 0 aliphatic heterocycles. The molecule has 0 saturated carbocycles. The van der Waals surface area contributed by atoms with Crippen molar-refractivity contribution >= 4 is 31.9 Å². The van der Waals surface area contributed by atoms with Crippen LogP contribution in [0.3, 0.4) is 0 Å². The molecule has 1 rings (SSSR count). The molecular weight excluding hydrogens is 248 g/mol. The van der Waals surface area contributed by atoms with Gasteiger partial charge < -0.3 is 5.48 Å². The molecule has 0 atom stereocenters. The van der Waals surface area contributed by atoms with Crippen molar-refractivity contribution in [2.45, 2.75) is 0 Å². The second-order valence-corrected chi connectivity index (χ2v) is 3.27. The monoisotopic (exact) mass is 252 g/mol. The van der Waals surface area contributed by atoms with Gasteiger partial charge >= 0.3 is 0 Å². The van der Waals surface area contributed by atoms with Gasteiger partial charge in [-0.1, -0.05) is 37.9 Å². The standard InChI is InChI=1S/C6H4Br2.H2O/c7-5-2-1-3-6(8)4-5;/h1-4H;1H2. The van der Waals surface area contributed by atoms with E-state index < -0.39 is 0 Å². The second kappa shape index (κ2) is 4.04. The van der Waals surface area contributed by atoms with Crippen LogP contribution in [0.15, 0.2) is 33.2 Å². The predicted octanol–water partition coefficient (Wildman–Crippen LogP) is 2.39. The maximum atomic E-state index is 3.33. The van der Waals surface area contributed by atoms with Crippen LogP contribution in [0.25, 0.3) is 0 Å². The van der Waals surface area contributed by atoms with Crippen LogP contribution in [0, 0.1) is 0 Å². The van der Waals surface area contributed by atoms with Crippen molar-refractivity contribution in [1.82, 2.24) is 0 Å². The van der Waals surface area contributed by atoms with E-state index in [-0.39, 0.29) is 5.48 Å². The molecule has 0 aliphatic carbocycles. The van der Waals surface area contributed by atoms with E-state index >= 15 is 0 Å². The zero-order chi connectivity index (χ0) is 5.98. The SMILES string of the molecule is Brc1cccc(Br)c1.O. The van der Waals surface area contributed by atoms with E-state index in [9.17, 15) is 0 Å². The summed E-state index contributed by atoms with van der Waals surface area (Å²) in [4.78, 5) is 0. The Morgan fingerprint density at radius 1 is 1.00 bits per heavy atom. The third-order valence-corrected chi connectivity index (χ3v) is 1.77. The highest BCUT2D eigenvalue weighted by Gasteiger charge is 1.84. The van der Waals surface area contributed by atoms with Gasteiger partial charge in [0.2, 0.25) is 0 Å². The van der Waals surface area contributed by atoms with Crippen molar-refractivity contribution in [2.75, 3.05) is 0 Å². The predicted molar refractivity (Wildman–Crippen MR) is 45.5 cm³/mol. The first-order chi connectivity index (χ1) is 3.79. The van der Waals surface area contributed by atoms with Crippen molar-refractivity contribution < 1.29 is 5.48 Å². The van der Waals surface area contributed by atoms with Gasteiger partial charge in [-0.3, -0.25) is 0 Å². The molecule has 0 unspecified atom stereocenters. The van der Waals surface area contributed by atoms with E-state index in [1.807, 2.05) is 24.3 Å². The first-order valence-corrected chi connectivity index (χ1v) is 3.79. The highest BCUT2D eigenvalue weighted by atomic mass is 79.9. The van der Waals surface area contributed by atoms with Gasteiger partial charge in [-0.05, 0) is 18.2 Å². The Labute approximate surface area is 70.6 Å². The number of hydrogen-bond donors (Lipinski definition) is 0. The molecule has 0 saturated heterocycles. The van der Waals surface area contributed by atoms with Crippen LogP contribution in [0.5, 0.6) is 0 Å². The first kappa shape index (κ1) is 9.14. The minimum atomic E-state index is 0. The van der Waals surface area contributed by atoms with E-state index in [0.29, 0.717) is 0 Å². The topological polar surface area (TPSA) is 31.5 Å². The number of rotatable bonds is 0. The summed E-state index contributed by atoms with van der Waals surface area (Å²) in [6.07, 6.45) is 0. The van der Waals surface area contributed by atoms with Gasteiger partial charge in [-0.15, -0.1) is 0 Å². The van der Waals surface area contributed by atoms with Crippen molar-refractivity contribution in [1.29, 1.82) is 0 Å². The molecule has 1 nitrogen and oxygen atoms in total. The molecule has 3 heteroatoms. The van der Waals surface area contributed by atoms with Gasteiger partial charge in [0.05, 0.1) is 0 Å². The van der Waals surface area contributed by atoms with E-state index in [4.69, 9.17) is 0 Å².